The van der Waals surface area contributed by atoms with Crippen LogP contribution in [0.3, 0.4) is 0 Å². The Balaban J connectivity index is 1.81. The fourth-order valence-corrected chi connectivity index (χ4v) is 3.94. The Morgan fingerprint density at radius 2 is 1.24 bits per heavy atom. The highest BCUT2D eigenvalue weighted by molar-refractivity contribution is 9.10. The fourth-order valence-electron chi connectivity index (χ4n) is 2.33. The number of halogens is 1. The Kier molecular flexibility index (Phi) is 6.69. The highest BCUT2D eigenvalue weighted by atomic mass is 79.9. The number of hydrogen-bond donors (Lipinski definition) is 1. The van der Waals surface area contributed by atoms with Crippen molar-refractivity contribution in [2.45, 2.75) is 6.54 Å². The summed E-state index contributed by atoms with van der Waals surface area (Å²) < 4.78 is 25.6. The molecule has 0 aliphatic carbocycles. The molecule has 0 fully saturated rings. The van der Waals surface area contributed by atoms with Crippen molar-refractivity contribution in [1.82, 2.24) is 5.09 Å². The zero-order chi connectivity index (χ0) is 20.7. The van der Waals surface area contributed by atoms with Crippen molar-refractivity contribution >= 4 is 23.7 Å². The molecule has 3 aromatic carbocycles. The molecule has 0 atom stereocenters. The lowest BCUT2D eigenvalue weighted by atomic mass is 10.2. The molecule has 3 aromatic rings. The lowest BCUT2D eigenvalue weighted by Gasteiger charge is -2.20. The van der Waals surface area contributed by atoms with Crippen molar-refractivity contribution in [3.63, 3.8) is 0 Å². The van der Waals surface area contributed by atoms with Crippen LogP contribution < -0.4 is 14.1 Å². The van der Waals surface area contributed by atoms with Crippen molar-refractivity contribution in [3.05, 3.63) is 94.0 Å². The second kappa shape index (κ2) is 9.41. The van der Waals surface area contributed by atoms with Gasteiger partial charge >= 0.3 is 7.75 Å². The Morgan fingerprint density at radius 3 is 1.66 bits per heavy atom. The second-order valence-corrected chi connectivity index (χ2v) is 8.51. The summed E-state index contributed by atoms with van der Waals surface area (Å²) in [6, 6.07) is 24.0. The Hall–Kier alpha value is -3.09. The molecule has 0 radical (unpaired) electrons. The lowest BCUT2D eigenvalue weighted by Crippen LogP contribution is -2.18. The summed E-state index contributed by atoms with van der Waals surface area (Å²) in [5.74, 6) is 0.591. The largest absolute Gasteiger partial charge is 0.513 e. The maximum Gasteiger partial charge on any atom is 0.513 e. The Labute approximate surface area is 177 Å². The highest BCUT2D eigenvalue weighted by Gasteiger charge is 2.28. The van der Waals surface area contributed by atoms with E-state index in [9.17, 15) is 4.57 Å². The van der Waals surface area contributed by atoms with Gasteiger partial charge in [-0.25, -0.2) is 4.57 Å². The normalized spacial score (nSPS) is 10.6. The number of benzene rings is 3. The summed E-state index contributed by atoms with van der Waals surface area (Å²) in [4.78, 5) is 0. The molecule has 144 valence electrons. The van der Waals surface area contributed by atoms with Gasteiger partial charge in [-0.2, -0.15) is 15.6 Å². The summed E-state index contributed by atoms with van der Waals surface area (Å²) in [5.41, 5.74) is 1.81. The van der Waals surface area contributed by atoms with E-state index < -0.39 is 7.75 Å². The van der Waals surface area contributed by atoms with Crippen LogP contribution in [0.5, 0.6) is 11.5 Å². The van der Waals surface area contributed by atoms with Crippen LogP contribution in [0, 0.1) is 22.7 Å². The van der Waals surface area contributed by atoms with E-state index in [2.05, 4.69) is 21.0 Å². The summed E-state index contributed by atoms with van der Waals surface area (Å²) in [5, 5.41) is 20.7. The maximum absolute atomic E-state index is 13.4. The van der Waals surface area contributed by atoms with Gasteiger partial charge in [-0.05, 0) is 66.2 Å². The first kappa shape index (κ1) is 20.6. The zero-order valence-electron chi connectivity index (χ0n) is 15.1. The monoisotopic (exact) mass is 467 g/mol. The SMILES string of the molecule is N#Cc1ccc(OP(=O)(NCc2ccc(Br)cc2)Oc2ccc(C#N)cc2)cc1. The first-order valence-electron chi connectivity index (χ1n) is 8.49. The highest BCUT2D eigenvalue weighted by Crippen LogP contribution is 2.45. The second-order valence-electron chi connectivity index (χ2n) is 5.91. The van der Waals surface area contributed by atoms with Crippen molar-refractivity contribution < 1.29 is 13.6 Å². The molecule has 0 saturated carbocycles. The summed E-state index contributed by atoms with van der Waals surface area (Å²) in [6.07, 6.45) is 0. The molecule has 3 rings (SSSR count). The summed E-state index contributed by atoms with van der Waals surface area (Å²) in [7, 11) is -3.82. The molecular weight excluding hydrogens is 453 g/mol. The first-order chi connectivity index (χ1) is 14.0. The molecule has 6 nitrogen and oxygen atoms in total. The minimum absolute atomic E-state index is 0.247. The van der Waals surface area contributed by atoms with Gasteiger partial charge in [0.1, 0.15) is 11.5 Å². The number of nitrogens with one attached hydrogen (secondary N) is 1. The first-order valence-corrected chi connectivity index (χ1v) is 10.8. The average Bonchev–Trinajstić information content (AvgIpc) is 2.74. The van der Waals surface area contributed by atoms with Crippen LogP contribution in [0.25, 0.3) is 0 Å². The molecule has 0 bridgehead atoms. The van der Waals surface area contributed by atoms with Gasteiger partial charge in [0, 0.05) is 11.0 Å². The summed E-state index contributed by atoms with van der Waals surface area (Å²) in [6.45, 7) is 0.247. The fraction of sp³-hybridized carbons (Fsp3) is 0.0476. The van der Waals surface area contributed by atoms with E-state index >= 15 is 0 Å². The van der Waals surface area contributed by atoms with Crippen LogP contribution >= 0.6 is 23.7 Å². The Morgan fingerprint density at radius 1 is 0.793 bits per heavy atom. The van der Waals surface area contributed by atoms with Crippen LogP contribution in [0.1, 0.15) is 16.7 Å². The molecule has 0 aromatic heterocycles. The third kappa shape index (κ3) is 5.94. The van der Waals surface area contributed by atoms with Gasteiger partial charge in [0.25, 0.3) is 0 Å². The Bertz CT molecular complexity index is 1040. The molecule has 0 unspecified atom stereocenters. The van der Waals surface area contributed by atoms with Crippen molar-refractivity contribution in [3.8, 4) is 23.6 Å². The van der Waals surface area contributed by atoms with E-state index in [0.717, 1.165) is 10.0 Å². The van der Waals surface area contributed by atoms with Gasteiger partial charge in [0.15, 0.2) is 0 Å². The van der Waals surface area contributed by atoms with Crippen LogP contribution in [0.4, 0.5) is 0 Å². The third-order valence-electron chi connectivity index (χ3n) is 3.81. The van der Waals surface area contributed by atoms with Crippen molar-refractivity contribution in [2.24, 2.45) is 0 Å². The molecule has 1 N–H and O–H groups in total. The van der Waals surface area contributed by atoms with Gasteiger partial charge < -0.3 is 9.05 Å². The molecule has 0 heterocycles. The number of nitriles is 2. The van der Waals surface area contributed by atoms with Gasteiger partial charge in [-0.3, -0.25) is 0 Å². The standard InChI is InChI=1S/C21H15BrN3O3P/c22-19-7-1-18(2-8-19)15-25-29(26,27-20-9-3-16(13-23)4-10-20)28-21-11-5-17(14-24)6-12-21/h1-12H,15H2,(H,25,26). The molecule has 8 heteroatoms. The third-order valence-corrected chi connectivity index (χ3v) is 5.78. The summed E-state index contributed by atoms with van der Waals surface area (Å²) >= 11 is 3.38. The van der Waals surface area contributed by atoms with E-state index in [1.165, 1.54) is 0 Å². The molecule has 0 saturated heterocycles. The number of hydrogen-bond acceptors (Lipinski definition) is 5. The topological polar surface area (TPSA) is 95.1 Å². The average molecular weight is 468 g/mol. The van der Waals surface area contributed by atoms with Crippen molar-refractivity contribution in [1.29, 1.82) is 10.5 Å². The quantitative estimate of drug-likeness (QED) is 0.457. The predicted molar refractivity (Wildman–Crippen MR) is 112 cm³/mol. The minimum atomic E-state index is -3.82. The van der Waals surface area contributed by atoms with Crippen LogP contribution in [0.2, 0.25) is 0 Å². The number of nitrogens with zero attached hydrogens (tertiary/aromatic N) is 2. The zero-order valence-corrected chi connectivity index (χ0v) is 17.6. The van der Waals surface area contributed by atoms with Crippen LogP contribution in [-0.2, 0) is 11.1 Å². The molecular formula is C21H15BrN3O3P. The molecule has 0 amide bonds. The van der Waals surface area contributed by atoms with E-state index in [1.807, 2.05) is 36.4 Å². The van der Waals surface area contributed by atoms with Gasteiger partial charge in [-0.15, -0.1) is 0 Å². The van der Waals surface area contributed by atoms with E-state index in [4.69, 9.17) is 19.6 Å². The van der Waals surface area contributed by atoms with Gasteiger partial charge in [0.2, 0.25) is 0 Å². The lowest BCUT2D eigenvalue weighted by molar-refractivity contribution is 0.370. The molecule has 0 aliphatic rings. The van der Waals surface area contributed by atoms with Crippen molar-refractivity contribution in [2.75, 3.05) is 0 Å². The minimum Gasteiger partial charge on any atom is -0.405 e. The van der Waals surface area contributed by atoms with Gasteiger partial charge in [0.05, 0.1) is 23.3 Å². The van der Waals surface area contributed by atoms with Gasteiger partial charge in [-0.1, -0.05) is 28.1 Å². The van der Waals surface area contributed by atoms with E-state index in [-0.39, 0.29) is 6.54 Å². The molecule has 0 spiro atoms. The molecule has 29 heavy (non-hydrogen) atoms. The smallest absolute Gasteiger partial charge is 0.405 e. The maximum atomic E-state index is 13.4. The van der Waals surface area contributed by atoms with E-state index in [0.29, 0.717) is 22.6 Å². The molecule has 0 aliphatic heterocycles. The van der Waals surface area contributed by atoms with Crippen LogP contribution in [0.15, 0.2) is 77.3 Å². The number of rotatable bonds is 7. The van der Waals surface area contributed by atoms with E-state index in [1.54, 1.807) is 48.5 Å². The predicted octanol–water partition coefficient (Wildman–Crippen LogP) is 5.55. The van der Waals surface area contributed by atoms with Crippen LogP contribution in [-0.4, -0.2) is 0 Å².